The van der Waals surface area contributed by atoms with Gasteiger partial charge in [0.05, 0.1) is 25.4 Å². The fourth-order valence-electron chi connectivity index (χ4n) is 1.21. The van der Waals surface area contributed by atoms with Crippen molar-refractivity contribution in [2.24, 2.45) is 0 Å². The second-order valence-corrected chi connectivity index (χ2v) is 3.48. The summed E-state index contributed by atoms with van der Waals surface area (Å²) in [6, 6.07) is 3.74. The lowest BCUT2D eigenvalue weighted by Crippen LogP contribution is -2.14. The van der Waals surface area contributed by atoms with Crippen molar-refractivity contribution < 1.29 is 23.4 Å². The SMILES string of the molecule is COCCOCCOC(=O)c1cc(N)ccc1F. The van der Waals surface area contributed by atoms with Gasteiger partial charge in [-0.25, -0.2) is 9.18 Å². The number of anilines is 1. The summed E-state index contributed by atoms with van der Waals surface area (Å²) in [5, 5.41) is 0. The molecule has 5 nitrogen and oxygen atoms in total. The number of ether oxygens (including phenoxy) is 3. The number of hydrogen-bond acceptors (Lipinski definition) is 5. The minimum atomic E-state index is -0.754. The van der Waals surface area contributed by atoms with Gasteiger partial charge >= 0.3 is 5.97 Å². The standard InChI is InChI=1S/C12H16FNO4/c1-16-4-5-17-6-7-18-12(15)10-8-9(14)2-3-11(10)13/h2-3,8H,4-7,14H2,1H3. The number of esters is 1. The monoisotopic (exact) mass is 257 g/mol. The number of nitrogens with two attached hydrogens (primary N) is 1. The zero-order valence-electron chi connectivity index (χ0n) is 10.1. The highest BCUT2D eigenvalue weighted by Gasteiger charge is 2.13. The highest BCUT2D eigenvalue weighted by atomic mass is 19.1. The molecule has 0 radical (unpaired) electrons. The van der Waals surface area contributed by atoms with E-state index >= 15 is 0 Å². The van der Waals surface area contributed by atoms with Crippen LogP contribution in [0, 0.1) is 5.82 Å². The van der Waals surface area contributed by atoms with Crippen molar-refractivity contribution in [1.82, 2.24) is 0 Å². The Labute approximate surface area is 105 Å². The molecule has 0 atom stereocenters. The summed E-state index contributed by atoms with van der Waals surface area (Å²) >= 11 is 0. The van der Waals surface area contributed by atoms with E-state index in [4.69, 9.17) is 19.9 Å². The molecule has 1 aromatic rings. The van der Waals surface area contributed by atoms with Crippen LogP contribution >= 0.6 is 0 Å². The van der Waals surface area contributed by atoms with Crippen LogP contribution < -0.4 is 5.73 Å². The van der Waals surface area contributed by atoms with E-state index in [1.165, 1.54) is 12.1 Å². The molecular weight excluding hydrogens is 241 g/mol. The first-order valence-electron chi connectivity index (χ1n) is 5.44. The van der Waals surface area contributed by atoms with Crippen molar-refractivity contribution in [2.45, 2.75) is 0 Å². The Kier molecular flexibility index (Phi) is 6.10. The van der Waals surface area contributed by atoms with Gasteiger partial charge in [0.25, 0.3) is 0 Å². The first-order valence-corrected chi connectivity index (χ1v) is 5.44. The van der Waals surface area contributed by atoms with E-state index in [-0.39, 0.29) is 18.8 Å². The first-order chi connectivity index (χ1) is 8.65. The summed E-state index contributed by atoms with van der Waals surface area (Å²) < 4.78 is 28.0. The highest BCUT2D eigenvalue weighted by Crippen LogP contribution is 2.13. The number of carbonyl (C=O) groups excluding carboxylic acids is 1. The topological polar surface area (TPSA) is 70.8 Å². The smallest absolute Gasteiger partial charge is 0.341 e. The summed E-state index contributed by atoms with van der Waals surface area (Å²) in [7, 11) is 1.56. The van der Waals surface area contributed by atoms with Crippen molar-refractivity contribution in [1.29, 1.82) is 0 Å². The van der Waals surface area contributed by atoms with E-state index < -0.39 is 11.8 Å². The third-order valence-corrected chi connectivity index (χ3v) is 2.10. The van der Waals surface area contributed by atoms with Gasteiger partial charge in [-0.2, -0.15) is 0 Å². The highest BCUT2D eigenvalue weighted by molar-refractivity contribution is 5.90. The summed E-state index contributed by atoms with van der Waals surface area (Å²) in [4.78, 5) is 11.5. The molecule has 100 valence electrons. The minimum Gasteiger partial charge on any atom is -0.460 e. The predicted molar refractivity (Wildman–Crippen MR) is 63.8 cm³/mol. The van der Waals surface area contributed by atoms with Gasteiger partial charge in [0.1, 0.15) is 12.4 Å². The molecule has 0 aliphatic heterocycles. The van der Waals surface area contributed by atoms with E-state index in [2.05, 4.69) is 0 Å². The maximum Gasteiger partial charge on any atom is 0.341 e. The van der Waals surface area contributed by atoms with Crippen LogP contribution in [0.15, 0.2) is 18.2 Å². The minimum absolute atomic E-state index is 0.0524. The summed E-state index contributed by atoms with van der Waals surface area (Å²) in [5.74, 6) is -1.41. The predicted octanol–water partition coefficient (Wildman–Crippen LogP) is 1.23. The van der Waals surface area contributed by atoms with E-state index in [0.717, 1.165) is 6.07 Å². The summed E-state index contributed by atoms with van der Waals surface area (Å²) in [6.45, 7) is 1.17. The molecule has 0 amide bonds. The number of benzene rings is 1. The third-order valence-electron chi connectivity index (χ3n) is 2.10. The van der Waals surface area contributed by atoms with Crippen molar-refractivity contribution in [2.75, 3.05) is 39.3 Å². The van der Waals surface area contributed by atoms with Crippen LogP contribution in [0.25, 0.3) is 0 Å². The molecule has 2 N–H and O–H groups in total. The van der Waals surface area contributed by atoms with Crippen molar-refractivity contribution in [3.8, 4) is 0 Å². The first kappa shape index (κ1) is 14.4. The average Bonchev–Trinajstić information content (AvgIpc) is 2.36. The van der Waals surface area contributed by atoms with E-state index in [0.29, 0.717) is 18.9 Å². The molecule has 0 aliphatic rings. The van der Waals surface area contributed by atoms with Crippen LogP contribution in [-0.2, 0) is 14.2 Å². The lowest BCUT2D eigenvalue weighted by Gasteiger charge is -2.07. The van der Waals surface area contributed by atoms with Gasteiger partial charge in [-0.1, -0.05) is 0 Å². The normalized spacial score (nSPS) is 10.3. The van der Waals surface area contributed by atoms with Crippen molar-refractivity contribution >= 4 is 11.7 Å². The van der Waals surface area contributed by atoms with Gasteiger partial charge < -0.3 is 19.9 Å². The third kappa shape index (κ3) is 4.68. The number of halogens is 1. The Morgan fingerprint density at radius 2 is 2.00 bits per heavy atom. The zero-order chi connectivity index (χ0) is 13.4. The molecular formula is C12H16FNO4. The molecule has 0 spiro atoms. The molecule has 1 rings (SSSR count). The number of methoxy groups -OCH3 is 1. The summed E-state index contributed by atoms with van der Waals surface area (Å²) in [6.07, 6.45) is 0. The van der Waals surface area contributed by atoms with Crippen LogP contribution in [0.1, 0.15) is 10.4 Å². The Morgan fingerprint density at radius 1 is 1.28 bits per heavy atom. The molecule has 0 heterocycles. The molecule has 0 fully saturated rings. The number of nitrogen functional groups attached to an aromatic ring is 1. The van der Waals surface area contributed by atoms with Gasteiger partial charge in [-0.05, 0) is 18.2 Å². The second-order valence-electron chi connectivity index (χ2n) is 3.48. The fraction of sp³-hybridized carbons (Fsp3) is 0.417. The molecule has 0 bridgehead atoms. The quantitative estimate of drug-likeness (QED) is 0.452. The van der Waals surface area contributed by atoms with E-state index in [9.17, 15) is 9.18 Å². The van der Waals surface area contributed by atoms with Gasteiger partial charge in [-0.3, -0.25) is 0 Å². The molecule has 6 heteroatoms. The second kappa shape index (κ2) is 7.62. The Morgan fingerprint density at radius 3 is 2.72 bits per heavy atom. The molecule has 18 heavy (non-hydrogen) atoms. The number of carbonyl (C=O) groups is 1. The van der Waals surface area contributed by atoms with Gasteiger partial charge in [-0.15, -0.1) is 0 Å². The van der Waals surface area contributed by atoms with Crippen LogP contribution in [0.2, 0.25) is 0 Å². The summed E-state index contributed by atoms with van der Waals surface area (Å²) in [5.41, 5.74) is 5.59. The molecule has 0 saturated carbocycles. The van der Waals surface area contributed by atoms with Crippen LogP contribution in [0.4, 0.5) is 10.1 Å². The Hall–Kier alpha value is -1.66. The van der Waals surface area contributed by atoms with Crippen molar-refractivity contribution in [3.05, 3.63) is 29.6 Å². The van der Waals surface area contributed by atoms with Crippen LogP contribution in [0.5, 0.6) is 0 Å². The molecule has 0 aliphatic carbocycles. The molecule has 0 saturated heterocycles. The maximum atomic E-state index is 13.3. The van der Waals surface area contributed by atoms with Gasteiger partial charge in [0.15, 0.2) is 0 Å². The van der Waals surface area contributed by atoms with E-state index in [1.54, 1.807) is 7.11 Å². The van der Waals surface area contributed by atoms with Gasteiger partial charge in [0.2, 0.25) is 0 Å². The number of hydrogen-bond donors (Lipinski definition) is 1. The lowest BCUT2D eigenvalue weighted by molar-refractivity contribution is 0.0210. The Bertz CT molecular complexity index is 398. The van der Waals surface area contributed by atoms with Crippen molar-refractivity contribution in [3.63, 3.8) is 0 Å². The lowest BCUT2D eigenvalue weighted by atomic mass is 10.2. The van der Waals surface area contributed by atoms with Crippen LogP contribution in [0.3, 0.4) is 0 Å². The number of rotatable bonds is 7. The molecule has 0 aromatic heterocycles. The van der Waals surface area contributed by atoms with Crippen LogP contribution in [-0.4, -0.2) is 39.5 Å². The Balaban J connectivity index is 2.34. The fourth-order valence-corrected chi connectivity index (χ4v) is 1.21. The van der Waals surface area contributed by atoms with E-state index in [1.807, 2.05) is 0 Å². The maximum absolute atomic E-state index is 13.3. The largest absolute Gasteiger partial charge is 0.460 e. The average molecular weight is 257 g/mol. The molecule has 0 unspecified atom stereocenters. The van der Waals surface area contributed by atoms with Gasteiger partial charge in [0, 0.05) is 12.8 Å². The zero-order valence-corrected chi connectivity index (χ0v) is 10.1. The molecule has 1 aromatic carbocycles.